The lowest BCUT2D eigenvalue weighted by Gasteiger charge is -2.11. The van der Waals surface area contributed by atoms with E-state index < -0.39 is 17.7 Å². The summed E-state index contributed by atoms with van der Waals surface area (Å²) in [7, 11) is 0. The van der Waals surface area contributed by atoms with Gasteiger partial charge in [0.2, 0.25) is 0 Å². The van der Waals surface area contributed by atoms with Crippen LogP contribution in [0.15, 0.2) is 30.3 Å². The van der Waals surface area contributed by atoms with Crippen molar-refractivity contribution in [2.75, 3.05) is 0 Å². The maximum Gasteiger partial charge on any atom is 0.416 e. The molecule has 0 bridgehead atoms. The van der Waals surface area contributed by atoms with E-state index in [0.717, 1.165) is 18.2 Å². The molecule has 0 aliphatic heterocycles. The molecule has 0 aliphatic rings. The van der Waals surface area contributed by atoms with Crippen LogP contribution in [0.5, 0.6) is 5.75 Å². The zero-order valence-corrected chi connectivity index (χ0v) is 12.3. The number of ether oxygens (including phenoxy) is 1. The van der Waals surface area contributed by atoms with Gasteiger partial charge in [0, 0.05) is 0 Å². The van der Waals surface area contributed by atoms with Gasteiger partial charge in [-0.25, -0.2) is 9.78 Å². The number of rotatable bonds is 4. The Kier molecular flexibility index (Phi) is 4.89. The van der Waals surface area contributed by atoms with Crippen molar-refractivity contribution in [2.45, 2.75) is 12.8 Å². The average Bonchev–Trinajstić information content (AvgIpc) is 2.58. The van der Waals surface area contributed by atoms with Gasteiger partial charge >= 0.3 is 12.1 Å². The van der Waals surface area contributed by atoms with E-state index in [4.69, 9.17) is 20.4 Å². The van der Waals surface area contributed by atoms with E-state index in [0.29, 0.717) is 6.07 Å². The van der Waals surface area contributed by atoms with Crippen LogP contribution in [-0.4, -0.2) is 16.1 Å². The number of carboxylic acids is 1. The molecule has 0 fully saturated rings. The maximum atomic E-state index is 12.6. The van der Waals surface area contributed by atoms with Crippen LogP contribution >= 0.6 is 0 Å². The van der Waals surface area contributed by atoms with Crippen LogP contribution in [-0.2, 0) is 12.8 Å². The van der Waals surface area contributed by atoms with Crippen molar-refractivity contribution < 1.29 is 27.8 Å². The van der Waals surface area contributed by atoms with Gasteiger partial charge in [-0.1, -0.05) is 0 Å². The highest BCUT2D eigenvalue weighted by Crippen LogP contribution is 2.32. The van der Waals surface area contributed by atoms with E-state index in [1.54, 1.807) is 12.1 Å². The Morgan fingerprint density at radius 3 is 2.48 bits per heavy atom. The highest BCUT2D eigenvalue weighted by atomic mass is 19.4. The summed E-state index contributed by atoms with van der Waals surface area (Å²) in [5, 5.41) is 26.8. The van der Waals surface area contributed by atoms with Crippen molar-refractivity contribution in [3.05, 3.63) is 58.4 Å². The predicted octanol–water partition coefficient (Wildman–Crippen LogP) is 3.12. The minimum absolute atomic E-state index is 0.0407. The Morgan fingerprint density at radius 2 is 1.92 bits per heavy atom. The summed E-state index contributed by atoms with van der Waals surface area (Å²) >= 11 is 0. The SMILES string of the molecule is N#Cc1cc(COc2ccc(C(F)(F)F)cc2C#N)nc(C(=O)O)c1. The fourth-order valence-electron chi connectivity index (χ4n) is 1.91. The fourth-order valence-corrected chi connectivity index (χ4v) is 1.91. The molecule has 1 N–H and O–H groups in total. The number of nitriles is 2. The van der Waals surface area contributed by atoms with Crippen LogP contribution in [0.3, 0.4) is 0 Å². The van der Waals surface area contributed by atoms with Gasteiger partial charge in [0.25, 0.3) is 0 Å². The van der Waals surface area contributed by atoms with Gasteiger partial charge in [0.1, 0.15) is 24.1 Å². The Bertz CT molecular complexity index is 912. The number of hydrogen-bond donors (Lipinski definition) is 1. The first kappa shape index (κ1) is 17.8. The van der Waals surface area contributed by atoms with Crippen molar-refractivity contribution in [3.63, 3.8) is 0 Å². The Hall–Kier alpha value is -3.59. The number of carboxylic acid groups (broad SMARTS) is 1. The number of hydrogen-bond acceptors (Lipinski definition) is 5. The molecule has 2 rings (SSSR count). The third-order valence-electron chi connectivity index (χ3n) is 3.03. The lowest BCUT2D eigenvalue weighted by atomic mass is 10.1. The molecule has 0 spiro atoms. The number of aromatic nitrogens is 1. The smallest absolute Gasteiger partial charge is 0.416 e. The van der Waals surface area contributed by atoms with E-state index >= 15 is 0 Å². The normalized spacial score (nSPS) is 10.6. The summed E-state index contributed by atoms with van der Waals surface area (Å²) in [5.74, 6) is -1.46. The quantitative estimate of drug-likeness (QED) is 0.910. The molecule has 0 amide bonds. The zero-order chi connectivity index (χ0) is 18.6. The molecule has 0 radical (unpaired) electrons. The molecule has 2 aromatic rings. The molecule has 1 heterocycles. The summed E-state index contributed by atoms with van der Waals surface area (Å²) in [6, 6.07) is 8.14. The first-order chi connectivity index (χ1) is 11.7. The van der Waals surface area contributed by atoms with E-state index in [-0.39, 0.29) is 34.9 Å². The van der Waals surface area contributed by atoms with Gasteiger partial charge in [-0.15, -0.1) is 0 Å². The van der Waals surface area contributed by atoms with Gasteiger partial charge in [-0.3, -0.25) is 0 Å². The second kappa shape index (κ2) is 6.89. The molecule has 126 valence electrons. The van der Waals surface area contributed by atoms with E-state index in [9.17, 15) is 18.0 Å². The molecule has 0 aliphatic carbocycles. The second-order valence-electron chi connectivity index (χ2n) is 4.76. The number of carbonyl (C=O) groups is 1. The van der Waals surface area contributed by atoms with Crippen LogP contribution in [0.4, 0.5) is 13.2 Å². The fraction of sp³-hybridized carbons (Fsp3) is 0.125. The van der Waals surface area contributed by atoms with Crippen LogP contribution in [0.25, 0.3) is 0 Å². The number of halogens is 3. The number of nitrogens with zero attached hydrogens (tertiary/aromatic N) is 3. The molecule has 9 heteroatoms. The molecule has 25 heavy (non-hydrogen) atoms. The van der Waals surface area contributed by atoms with Gasteiger partial charge in [0.15, 0.2) is 0 Å². The standard InChI is InChI=1S/C16H8F3N3O3/c17-16(18,19)11-1-2-14(10(5-11)7-21)25-8-12-3-9(6-20)4-13(22-12)15(23)24/h1-5H,8H2,(H,23,24). The predicted molar refractivity (Wildman–Crippen MR) is 76.4 cm³/mol. The summed E-state index contributed by atoms with van der Waals surface area (Å²) in [6.45, 7) is -0.324. The Balaban J connectivity index is 2.28. The van der Waals surface area contributed by atoms with Crippen LogP contribution in [0.1, 0.15) is 32.9 Å². The minimum Gasteiger partial charge on any atom is -0.486 e. The van der Waals surface area contributed by atoms with Crippen LogP contribution in [0.2, 0.25) is 0 Å². The maximum absolute atomic E-state index is 12.6. The largest absolute Gasteiger partial charge is 0.486 e. The second-order valence-corrected chi connectivity index (χ2v) is 4.76. The molecular formula is C16H8F3N3O3. The highest BCUT2D eigenvalue weighted by Gasteiger charge is 2.31. The zero-order valence-electron chi connectivity index (χ0n) is 12.3. The van der Waals surface area contributed by atoms with Crippen molar-refractivity contribution >= 4 is 5.97 Å². The summed E-state index contributed by atoms with van der Waals surface area (Å²) in [5.41, 5.74) is -1.57. The topological polar surface area (TPSA) is 107 Å². The van der Waals surface area contributed by atoms with Crippen molar-refractivity contribution in [2.24, 2.45) is 0 Å². The van der Waals surface area contributed by atoms with E-state index in [1.807, 2.05) is 0 Å². The lowest BCUT2D eigenvalue weighted by Crippen LogP contribution is -2.08. The van der Waals surface area contributed by atoms with E-state index in [2.05, 4.69) is 4.98 Å². The third kappa shape index (κ3) is 4.24. The molecule has 1 aromatic carbocycles. The lowest BCUT2D eigenvalue weighted by molar-refractivity contribution is -0.137. The highest BCUT2D eigenvalue weighted by molar-refractivity contribution is 5.85. The van der Waals surface area contributed by atoms with Crippen molar-refractivity contribution in [3.8, 4) is 17.9 Å². The molecular weight excluding hydrogens is 339 g/mol. The molecule has 0 saturated carbocycles. The third-order valence-corrected chi connectivity index (χ3v) is 3.03. The molecule has 6 nitrogen and oxygen atoms in total. The van der Waals surface area contributed by atoms with Crippen LogP contribution < -0.4 is 4.74 Å². The molecule has 0 saturated heterocycles. The molecule has 0 unspecified atom stereocenters. The first-order valence-corrected chi connectivity index (χ1v) is 6.63. The first-order valence-electron chi connectivity index (χ1n) is 6.63. The number of pyridine rings is 1. The van der Waals surface area contributed by atoms with Gasteiger partial charge in [0.05, 0.1) is 28.5 Å². The van der Waals surface area contributed by atoms with Crippen molar-refractivity contribution in [1.29, 1.82) is 10.5 Å². The summed E-state index contributed by atoms with van der Waals surface area (Å²) in [6.07, 6.45) is -4.59. The van der Waals surface area contributed by atoms with E-state index in [1.165, 1.54) is 6.07 Å². The summed E-state index contributed by atoms with van der Waals surface area (Å²) in [4.78, 5) is 14.7. The average molecular weight is 347 g/mol. The van der Waals surface area contributed by atoms with Gasteiger partial charge in [-0.05, 0) is 30.3 Å². The Morgan fingerprint density at radius 1 is 1.20 bits per heavy atom. The number of aromatic carboxylic acids is 1. The van der Waals surface area contributed by atoms with Gasteiger partial charge < -0.3 is 9.84 Å². The monoisotopic (exact) mass is 347 g/mol. The summed E-state index contributed by atoms with van der Waals surface area (Å²) < 4.78 is 43.2. The van der Waals surface area contributed by atoms with Crippen LogP contribution in [0, 0.1) is 22.7 Å². The molecule has 1 aromatic heterocycles. The van der Waals surface area contributed by atoms with Crippen molar-refractivity contribution in [1.82, 2.24) is 4.98 Å². The molecule has 0 atom stereocenters. The number of benzene rings is 1. The Labute approximate surface area is 139 Å². The van der Waals surface area contributed by atoms with Gasteiger partial charge in [-0.2, -0.15) is 23.7 Å². The number of alkyl halides is 3. The minimum atomic E-state index is -4.59.